The molecule has 4 nitrogen and oxygen atoms in total. The maximum absolute atomic E-state index is 5.81. The van der Waals surface area contributed by atoms with Crippen LogP contribution in [0.3, 0.4) is 0 Å². The third-order valence-electron chi connectivity index (χ3n) is 3.00. The molecule has 2 N–H and O–H groups in total. The van der Waals surface area contributed by atoms with Crippen LogP contribution in [0.5, 0.6) is 0 Å². The zero-order valence-electron chi connectivity index (χ0n) is 11.7. The minimum Gasteiger partial charge on any atom is -0.389 e. The van der Waals surface area contributed by atoms with Crippen molar-refractivity contribution in [2.45, 2.75) is 26.8 Å². The fraction of sp³-hybridized carbons (Fsp3) is 0.538. The van der Waals surface area contributed by atoms with Crippen LogP contribution >= 0.6 is 12.2 Å². The fourth-order valence-corrected chi connectivity index (χ4v) is 2.23. The third-order valence-corrected chi connectivity index (χ3v) is 3.21. The van der Waals surface area contributed by atoms with E-state index in [-0.39, 0.29) is 6.04 Å². The Morgan fingerprint density at radius 3 is 2.67 bits per heavy atom. The molecule has 0 aliphatic rings. The molecule has 0 spiro atoms. The number of methoxy groups -OCH3 is 1. The highest BCUT2D eigenvalue weighted by atomic mass is 32.1. The highest BCUT2D eigenvalue weighted by Gasteiger charge is 2.18. The Morgan fingerprint density at radius 2 is 2.17 bits per heavy atom. The summed E-state index contributed by atoms with van der Waals surface area (Å²) in [5.74, 6) is 0. The Balaban J connectivity index is 3.25. The van der Waals surface area contributed by atoms with Crippen LogP contribution in [-0.2, 0) is 4.74 Å². The number of rotatable bonds is 5. The van der Waals surface area contributed by atoms with Gasteiger partial charge >= 0.3 is 0 Å². The van der Waals surface area contributed by atoms with Crippen LogP contribution in [0.4, 0.5) is 5.69 Å². The lowest BCUT2D eigenvalue weighted by Gasteiger charge is -2.29. The molecule has 100 valence electrons. The van der Waals surface area contributed by atoms with Gasteiger partial charge in [-0.25, -0.2) is 0 Å². The fourth-order valence-electron chi connectivity index (χ4n) is 1.98. The first-order valence-electron chi connectivity index (χ1n) is 5.88. The Hall–Kier alpha value is -1.20. The van der Waals surface area contributed by atoms with Crippen LogP contribution in [0.15, 0.2) is 6.07 Å². The lowest BCUT2D eigenvalue weighted by molar-refractivity contribution is 0.183. The van der Waals surface area contributed by atoms with E-state index in [4.69, 9.17) is 22.7 Å². The molecule has 18 heavy (non-hydrogen) atoms. The van der Waals surface area contributed by atoms with Crippen molar-refractivity contribution in [3.05, 3.63) is 23.0 Å². The van der Waals surface area contributed by atoms with Gasteiger partial charge in [0, 0.05) is 31.6 Å². The van der Waals surface area contributed by atoms with Crippen molar-refractivity contribution in [2.75, 3.05) is 25.7 Å². The Bertz CT molecular complexity index is 448. The number of hydrogen-bond acceptors (Lipinski definition) is 4. The second-order valence-electron chi connectivity index (χ2n) is 4.52. The van der Waals surface area contributed by atoms with Crippen LogP contribution in [0.25, 0.3) is 0 Å². The first-order chi connectivity index (χ1) is 8.38. The first kappa shape index (κ1) is 14.9. The number of ether oxygens (including phenoxy) is 1. The minimum atomic E-state index is 0.240. The number of hydrogen-bond donors (Lipinski definition) is 1. The predicted octanol–water partition coefficient (Wildman–Crippen LogP) is 1.80. The number of thiocarbonyl (C=S) groups is 1. The molecule has 0 saturated heterocycles. The highest BCUT2D eigenvalue weighted by Crippen LogP contribution is 2.24. The summed E-state index contributed by atoms with van der Waals surface area (Å²) < 4.78 is 5.19. The molecule has 0 amide bonds. The quantitative estimate of drug-likeness (QED) is 0.825. The molecule has 0 aromatic carbocycles. The number of aryl methyl sites for hydroxylation is 2. The van der Waals surface area contributed by atoms with Gasteiger partial charge in [0.15, 0.2) is 0 Å². The number of nitrogens with two attached hydrogens (primary N) is 1. The number of nitrogens with zero attached hydrogens (tertiary/aromatic N) is 2. The summed E-state index contributed by atoms with van der Waals surface area (Å²) in [6, 6.07) is 2.25. The van der Waals surface area contributed by atoms with Gasteiger partial charge in [0.25, 0.3) is 0 Å². The third kappa shape index (κ3) is 3.17. The van der Waals surface area contributed by atoms with E-state index in [1.54, 1.807) is 7.11 Å². The summed E-state index contributed by atoms with van der Waals surface area (Å²) >= 11 is 5.13. The van der Waals surface area contributed by atoms with Gasteiger partial charge in [-0.3, -0.25) is 4.98 Å². The number of aromatic nitrogens is 1. The van der Waals surface area contributed by atoms with Gasteiger partial charge in [-0.2, -0.15) is 0 Å². The van der Waals surface area contributed by atoms with Crippen molar-refractivity contribution in [2.24, 2.45) is 5.73 Å². The molecule has 0 aliphatic heterocycles. The summed E-state index contributed by atoms with van der Waals surface area (Å²) in [7, 11) is 3.71. The molecule has 5 heteroatoms. The molecule has 1 unspecified atom stereocenters. The summed E-state index contributed by atoms with van der Waals surface area (Å²) in [5.41, 5.74) is 9.50. The van der Waals surface area contributed by atoms with E-state index in [0.717, 1.165) is 22.6 Å². The van der Waals surface area contributed by atoms with Gasteiger partial charge in [-0.05, 0) is 26.8 Å². The summed E-state index contributed by atoms with van der Waals surface area (Å²) in [6.07, 6.45) is 0. The van der Waals surface area contributed by atoms with Gasteiger partial charge in [0.05, 0.1) is 17.9 Å². The first-order valence-corrected chi connectivity index (χ1v) is 6.29. The van der Waals surface area contributed by atoms with E-state index in [2.05, 4.69) is 16.8 Å². The van der Waals surface area contributed by atoms with Gasteiger partial charge in [0.2, 0.25) is 0 Å². The average molecular weight is 267 g/mol. The number of likely N-dealkylation sites (N-methyl/N-ethyl adjacent to an activating group) is 1. The van der Waals surface area contributed by atoms with Crippen LogP contribution in [0.1, 0.15) is 23.9 Å². The van der Waals surface area contributed by atoms with E-state index in [9.17, 15) is 0 Å². The molecule has 0 bridgehead atoms. The number of pyridine rings is 1. The van der Waals surface area contributed by atoms with Crippen molar-refractivity contribution in [1.29, 1.82) is 0 Å². The standard InChI is InChI=1S/C13H21N3OS/c1-8-6-11(16(4)9(2)7-17-5)12(13(14)18)10(3)15-8/h6,9H,7H2,1-5H3,(H2,14,18). The van der Waals surface area contributed by atoms with Gasteiger partial charge in [-0.1, -0.05) is 12.2 Å². The molecular weight excluding hydrogens is 246 g/mol. The van der Waals surface area contributed by atoms with Crippen molar-refractivity contribution in [3.63, 3.8) is 0 Å². The zero-order valence-corrected chi connectivity index (χ0v) is 12.5. The molecule has 0 radical (unpaired) electrons. The molecular formula is C13H21N3OS. The maximum atomic E-state index is 5.81. The molecule has 1 heterocycles. The minimum absolute atomic E-state index is 0.240. The largest absolute Gasteiger partial charge is 0.389 e. The molecule has 1 atom stereocenters. The van der Waals surface area contributed by atoms with Gasteiger partial charge in [-0.15, -0.1) is 0 Å². The maximum Gasteiger partial charge on any atom is 0.107 e. The lowest BCUT2D eigenvalue weighted by Crippen LogP contribution is -2.34. The van der Waals surface area contributed by atoms with Gasteiger partial charge in [0.1, 0.15) is 4.99 Å². The zero-order chi connectivity index (χ0) is 13.9. The van der Waals surface area contributed by atoms with E-state index >= 15 is 0 Å². The van der Waals surface area contributed by atoms with E-state index in [1.807, 2.05) is 27.0 Å². The van der Waals surface area contributed by atoms with Crippen molar-refractivity contribution < 1.29 is 4.74 Å². The van der Waals surface area contributed by atoms with Crippen molar-refractivity contribution in [3.8, 4) is 0 Å². The number of anilines is 1. The molecule has 0 fully saturated rings. The van der Waals surface area contributed by atoms with Gasteiger partial charge < -0.3 is 15.4 Å². The van der Waals surface area contributed by atoms with E-state index in [1.165, 1.54) is 0 Å². The smallest absolute Gasteiger partial charge is 0.107 e. The Kier molecular flexibility index (Phi) is 5.04. The Morgan fingerprint density at radius 1 is 1.56 bits per heavy atom. The van der Waals surface area contributed by atoms with E-state index in [0.29, 0.717) is 11.6 Å². The summed E-state index contributed by atoms with van der Waals surface area (Å²) in [6.45, 7) is 6.64. The van der Waals surface area contributed by atoms with Crippen LogP contribution < -0.4 is 10.6 Å². The van der Waals surface area contributed by atoms with Crippen molar-refractivity contribution in [1.82, 2.24) is 4.98 Å². The highest BCUT2D eigenvalue weighted by molar-refractivity contribution is 7.80. The lowest BCUT2D eigenvalue weighted by atomic mass is 10.1. The van der Waals surface area contributed by atoms with Crippen LogP contribution in [0.2, 0.25) is 0 Å². The van der Waals surface area contributed by atoms with Crippen LogP contribution in [-0.4, -0.2) is 36.8 Å². The average Bonchev–Trinajstić information content (AvgIpc) is 2.26. The summed E-state index contributed by atoms with van der Waals surface area (Å²) in [4.78, 5) is 6.92. The van der Waals surface area contributed by atoms with Crippen LogP contribution in [0, 0.1) is 13.8 Å². The normalized spacial score (nSPS) is 12.3. The molecule has 1 aromatic heterocycles. The molecule has 0 aliphatic carbocycles. The molecule has 1 aromatic rings. The summed E-state index contributed by atoms with van der Waals surface area (Å²) in [5, 5.41) is 0. The second-order valence-corrected chi connectivity index (χ2v) is 4.96. The predicted molar refractivity (Wildman–Crippen MR) is 79.3 cm³/mol. The Labute approximate surface area is 114 Å². The monoisotopic (exact) mass is 267 g/mol. The second kappa shape index (κ2) is 6.11. The topological polar surface area (TPSA) is 51.4 Å². The van der Waals surface area contributed by atoms with Crippen molar-refractivity contribution >= 4 is 22.9 Å². The van der Waals surface area contributed by atoms with E-state index < -0.39 is 0 Å². The molecule has 0 saturated carbocycles. The SMILES string of the molecule is COCC(C)N(C)c1cc(C)nc(C)c1C(N)=S. The molecule has 1 rings (SSSR count).